The van der Waals surface area contributed by atoms with Crippen molar-refractivity contribution >= 4 is 0 Å². The van der Waals surface area contributed by atoms with Crippen molar-refractivity contribution in [3.63, 3.8) is 0 Å². The molecule has 0 spiro atoms. The highest BCUT2D eigenvalue weighted by Gasteiger charge is 2.54. The number of hydrogen-bond donors (Lipinski definition) is 0. The summed E-state index contributed by atoms with van der Waals surface area (Å²) in [6, 6.07) is 10.7. The Kier molecular flexibility index (Phi) is 1.32. The van der Waals surface area contributed by atoms with Crippen LogP contribution in [0.5, 0.6) is 0 Å². The zero-order valence-electron chi connectivity index (χ0n) is 7.44. The number of hydrogen-bond acceptors (Lipinski definition) is 1. The fraction of sp³-hybridized carbons (Fsp3) is 0.333. The van der Waals surface area contributed by atoms with E-state index < -0.39 is 0 Å². The Morgan fingerprint density at radius 1 is 1.23 bits per heavy atom. The van der Waals surface area contributed by atoms with Crippen LogP contribution in [-0.2, 0) is 10.2 Å². The molecular formula is C12H12O. The highest BCUT2D eigenvalue weighted by molar-refractivity contribution is 5.40. The van der Waals surface area contributed by atoms with E-state index in [0.29, 0.717) is 5.41 Å². The molecule has 1 aromatic rings. The van der Waals surface area contributed by atoms with Gasteiger partial charge in [0.25, 0.3) is 0 Å². The van der Waals surface area contributed by atoms with Crippen LogP contribution in [0.2, 0.25) is 0 Å². The number of ether oxygens (including phenoxy) is 1. The molecule has 13 heavy (non-hydrogen) atoms. The van der Waals surface area contributed by atoms with Gasteiger partial charge in [-0.1, -0.05) is 30.3 Å². The molecule has 0 N–H and O–H groups in total. The first-order valence-electron chi connectivity index (χ1n) is 4.77. The van der Waals surface area contributed by atoms with Crippen molar-refractivity contribution in [1.29, 1.82) is 0 Å². The zero-order valence-corrected chi connectivity index (χ0v) is 7.44. The van der Waals surface area contributed by atoms with Gasteiger partial charge in [0.05, 0.1) is 12.9 Å². The summed E-state index contributed by atoms with van der Waals surface area (Å²) in [6.07, 6.45) is 5.33. The summed E-state index contributed by atoms with van der Waals surface area (Å²) < 4.78 is 5.29. The lowest BCUT2D eigenvalue weighted by Gasteiger charge is -2.17. The van der Waals surface area contributed by atoms with Crippen molar-refractivity contribution in [2.24, 2.45) is 5.92 Å². The average molecular weight is 172 g/mol. The predicted octanol–water partition coefficient (Wildman–Crippen LogP) is 2.49. The van der Waals surface area contributed by atoms with Crippen molar-refractivity contribution in [2.45, 2.75) is 11.8 Å². The van der Waals surface area contributed by atoms with E-state index in [1.807, 2.05) is 6.26 Å². The Morgan fingerprint density at radius 3 is 2.85 bits per heavy atom. The second-order valence-corrected chi connectivity index (χ2v) is 3.94. The lowest BCUT2D eigenvalue weighted by atomic mass is 9.93. The summed E-state index contributed by atoms with van der Waals surface area (Å²) >= 11 is 0. The summed E-state index contributed by atoms with van der Waals surface area (Å²) in [5.41, 5.74) is 1.78. The second-order valence-electron chi connectivity index (χ2n) is 3.94. The topological polar surface area (TPSA) is 9.23 Å². The van der Waals surface area contributed by atoms with Crippen molar-refractivity contribution < 1.29 is 4.74 Å². The minimum absolute atomic E-state index is 0.333. The molecule has 1 heteroatoms. The molecule has 1 fully saturated rings. The van der Waals surface area contributed by atoms with Crippen LogP contribution in [0.15, 0.2) is 42.7 Å². The fourth-order valence-electron chi connectivity index (χ4n) is 2.30. The maximum absolute atomic E-state index is 5.29. The van der Waals surface area contributed by atoms with E-state index in [-0.39, 0.29) is 0 Å². The van der Waals surface area contributed by atoms with Crippen molar-refractivity contribution in [1.82, 2.24) is 0 Å². The lowest BCUT2D eigenvalue weighted by molar-refractivity contribution is 0.213. The summed E-state index contributed by atoms with van der Waals surface area (Å²) in [4.78, 5) is 0. The number of benzene rings is 1. The third-order valence-corrected chi connectivity index (χ3v) is 3.22. The highest BCUT2D eigenvalue weighted by Crippen LogP contribution is 2.56. The molecule has 1 nitrogen and oxygen atoms in total. The molecule has 0 bridgehead atoms. The van der Waals surface area contributed by atoms with Crippen LogP contribution >= 0.6 is 0 Å². The van der Waals surface area contributed by atoms with Gasteiger partial charge in [-0.15, -0.1) is 0 Å². The SMILES string of the molecule is C1=C[C@@]2(c3ccccc3)C[C@H]2CO1. The maximum Gasteiger partial charge on any atom is 0.0913 e. The van der Waals surface area contributed by atoms with Crippen molar-refractivity contribution in [2.75, 3.05) is 6.61 Å². The van der Waals surface area contributed by atoms with Crippen molar-refractivity contribution in [3.8, 4) is 0 Å². The molecule has 0 saturated heterocycles. The van der Waals surface area contributed by atoms with Gasteiger partial charge in [0.15, 0.2) is 0 Å². The molecule has 1 saturated carbocycles. The predicted molar refractivity (Wildman–Crippen MR) is 51.3 cm³/mol. The molecule has 66 valence electrons. The Labute approximate surface area is 78.0 Å². The average Bonchev–Trinajstić information content (AvgIpc) is 2.94. The molecule has 1 aliphatic heterocycles. The van der Waals surface area contributed by atoms with E-state index in [2.05, 4.69) is 36.4 Å². The molecule has 0 amide bonds. The minimum Gasteiger partial charge on any atom is -0.501 e. The molecule has 0 aromatic heterocycles. The zero-order chi connectivity index (χ0) is 8.73. The van der Waals surface area contributed by atoms with Gasteiger partial charge in [-0.3, -0.25) is 0 Å². The Bertz CT molecular complexity index is 341. The van der Waals surface area contributed by atoms with E-state index in [9.17, 15) is 0 Å². The molecule has 1 heterocycles. The highest BCUT2D eigenvalue weighted by atomic mass is 16.5. The summed E-state index contributed by atoms with van der Waals surface area (Å²) in [5.74, 6) is 0.722. The van der Waals surface area contributed by atoms with Gasteiger partial charge in [0.1, 0.15) is 0 Å². The van der Waals surface area contributed by atoms with E-state index in [1.54, 1.807) is 0 Å². The first-order valence-corrected chi connectivity index (χ1v) is 4.77. The van der Waals surface area contributed by atoms with Gasteiger partial charge in [-0.2, -0.15) is 0 Å². The van der Waals surface area contributed by atoms with Gasteiger partial charge in [-0.05, 0) is 18.1 Å². The maximum atomic E-state index is 5.29. The van der Waals surface area contributed by atoms with Crippen LogP contribution in [0, 0.1) is 5.92 Å². The molecule has 1 aromatic carbocycles. The second kappa shape index (κ2) is 2.38. The van der Waals surface area contributed by atoms with Crippen LogP contribution in [-0.4, -0.2) is 6.61 Å². The van der Waals surface area contributed by atoms with Gasteiger partial charge < -0.3 is 4.74 Å². The Morgan fingerprint density at radius 2 is 2.08 bits per heavy atom. The molecule has 0 unspecified atom stereocenters. The van der Waals surface area contributed by atoms with Gasteiger partial charge in [0, 0.05) is 11.3 Å². The van der Waals surface area contributed by atoms with Gasteiger partial charge >= 0.3 is 0 Å². The van der Waals surface area contributed by atoms with E-state index in [4.69, 9.17) is 4.74 Å². The largest absolute Gasteiger partial charge is 0.501 e. The smallest absolute Gasteiger partial charge is 0.0913 e. The summed E-state index contributed by atoms with van der Waals surface area (Å²) in [5, 5.41) is 0. The minimum atomic E-state index is 0.333. The quantitative estimate of drug-likeness (QED) is 0.632. The van der Waals surface area contributed by atoms with Crippen LogP contribution in [0.25, 0.3) is 0 Å². The normalized spacial score (nSPS) is 34.9. The van der Waals surface area contributed by atoms with Gasteiger partial charge in [-0.25, -0.2) is 0 Å². The molecule has 2 aliphatic rings. The Balaban J connectivity index is 2.02. The third kappa shape index (κ3) is 0.932. The summed E-state index contributed by atoms with van der Waals surface area (Å²) in [7, 11) is 0. The first-order chi connectivity index (χ1) is 6.42. The molecule has 1 aliphatic carbocycles. The lowest BCUT2D eigenvalue weighted by Crippen LogP contribution is -2.13. The van der Waals surface area contributed by atoms with Crippen LogP contribution in [0.4, 0.5) is 0 Å². The standard InChI is InChI=1S/C12H12O/c1-2-4-10(5-3-1)12-6-7-13-9-11(12)8-12/h1-7,11H,8-9H2/t11-,12-/m0/s1. The third-order valence-electron chi connectivity index (χ3n) is 3.22. The number of allylic oxidation sites excluding steroid dienone is 1. The van der Waals surface area contributed by atoms with Crippen LogP contribution in [0.3, 0.4) is 0 Å². The van der Waals surface area contributed by atoms with E-state index in [0.717, 1.165) is 12.5 Å². The van der Waals surface area contributed by atoms with Crippen molar-refractivity contribution in [3.05, 3.63) is 48.2 Å². The first kappa shape index (κ1) is 7.19. The summed E-state index contributed by atoms with van der Waals surface area (Å²) in [6.45, 7) is 0.894. The Hall–Kier alpha value is -1.24. The fourth-order valence-corrected chi connectivity index (χ4v) is 2.30. The number of rotatable bonds is 1. The molecule has 2 atom stereocenters. The molecule has 0 radical (unpaired) electrons. The van der Waals surface area contributed by atoms with Crippen LogP contribution in [0.1, 0.15) is 12.0 Å². The molecule has 3 rings (SSSR count). The van der Waals surface area contributed by atoms with Crippen LogP contribution < -0.4 is 0 Å². The van der Waals surface area contributed by atoms with Gasteiger partial charge in [0.2, 0.25) is 0 Å². The number of fused-ring (bicyclic) bond motifs is 1. The van der Waals surface area contributed by atoms with E-state index >= 15 is 0 Å². The van der Waals surface area contributed by atoms with E-state index in [1.165, 1.54) is 12.0 Å². The monoisotopic (exact) mass is 172 g/mol. The molecular weight excluding hydrogens is 160 g/mol.